The lowest BCUT2D eigenvalue weighted by Gasteiger charge is -2.28. The van der Waals surface area contributed by atoms with Gasteiger partial charge in [0.1, 0.15) is 18.6 Å². The summed E-state index contributed by atoms with van der Waals surface area (Å²) in [5, 5.41) is 20.2. The van der Waals surface area contributed by atoms with Crippen LogP contribution < -0.4 is 4.74 Å². The highest BCUT2D eigenvalue weighted by molar-refractivity contribution is 6.34. The molecule has 0 radical (unpaired) electrons. The van der Waals surface area contributed by atoms with Gasteiger partial charge in [-0.2, -0.15) is 13.2 Å². The van der Waals surface area contributed by atoms with E-state index < -0.39 is 18.0 Å². The van der Waals surface area contributed by atoms with Crippen molar-refractivity contribution in [3.63, 3.8) is 0 Å². The van der Waals surface area contributed by atoms with Crippen molar-refractivity contribution in [2.24, 2.45) is 0 Å². The van der Waals surface area contributed by atoms with Crippen molar-refractivity contribution in [2.45, 2.75) is 24.9 Å². The van der Waals surface area contributed by atoms with Gasteiger partial charge in [0.2, 0.25) is 5.60 Å². The van der Waals surface area contributed by atoms with Crippen molar-refractivity contribution >= 4 is 11.6 Å². The van der Waals surface area contributed by atoms with Crippen LogP contribution in [0.3, 0.4) is 0 Å². The summed E-state index contributed by atoms with van der Waals surface area (Å²) < 4.78 is 47.1. The number of hydrogen-bond donors (Lipinski definition) is 2. The summed E-state index contributed by atoms with van der Waals surface area (Å²) in [5.41, 5.74) is -3.35. The van der Waals surface area contributed by atoms with Gasteiger partial charge in [0.25, 0.3) is 0 Å². The number of halogens is 4. The molecule has 27 heavy (non-hydrogen) atoms. The summed E-state index contributed by atoms with van der Waals surface area (Å²) in [4.78, 5) is 1.61. The molecule has 0 saturated carbocycles. The summed E-state index contributed by atoms with van der Waals surface area (Å²) >= 11 is 6.26. The fraction of sp³-hybridized carbons (Fsp3) is 0.368. The number of fused-ring (bicyclic) bond motifs is 3. The Morgan fingerprint density at radius 2 is 1.89 bits per heavy atom. The summed E-state index contributed by atoms with van der Waals surface area (Å²) in [7, 11) is 1.68. The van der Waals surface area contributed by atoms with Crippen LogP contribution in [0.4, 0.5) is 13.2 Å². The maximum absolute atomic E-state index is 13.8. The van der Waals surface area contributed by atoms with Gasteiger partial charge in [-0.3, -0.25) is 4.90 Å². The molecule has 0 saturated heterocycles. The molecule has 1 aliphatic rings. The van der Waals surface area contributed by atoms with Crippen molar-refractivity contribution in [1.29, 1.82) is 0 Å². The van der Waals surface area contributed by atoms with Crippen LogP contribution in [-0.2, 0) is 5.60 Å². The molecule has 2 N–H and O–H groups in total. The minimum Gasteiger partial charge on any atom is -0.492 e. The number of aliphatic hydroxyl groups is 2. The molecule has 2 aromatic rings. The largest absolute Gasteiger partial charge is 0.492 e. The normalized spacial score (nSPS) is 19.7. The van der Waals surface area contributed by atoms with Crippen molar-refractivity contribution in [2.75, 3.05) is 20.2 Å². The van der Waals surface area contributed by atoms with Gasteiger partial charge in [0, 0.05) is 23.2 Å². The molecule has 0 heterocycles. The van der Waals surface area contributed by atoms with Gasteiger partial charge in [-0.15, -0.1) is 0 Å². The van der Waals surface area contributed by atoms with Gasteiger partial charge in [-0.25, -0.2) is 0 Å². The number of aliphatic hydroxyl groups excluding tert-OH is 1. The lowest BCUT2D eigenvalue weighted by molar-refractivity contribution is -0.246. The first kappa shape index (κ1) is 19.9. The molecule has 2 aromatic carbocycles. The maximum atomic E-state index is 13.8. The van der Waals surface area contributed by atoms with Crippen LogP contribution >= 0.6 is 11.6 Å². The van der Waals surface area contributed by atoms with E-state index in [0.717, 1.165) is 0 Å². The first-order valence-corrected chi connectivity index (χ1v) is 8.69. The predicted octanol–water partition coefficient (Wildman–Crippen LogP) is 3.77. The zero-order chi connectivity index (χ0) is 20.0. The third kappa shape index (κ3) is 3.29. The van der Waals surface area contributed by atoms with Crippen molar-refractivity contribution < 1.29 is 28.1 Å². The van der Waals surface area contributed by atoms with Gasteiger partial charge in [0.05, 0.1) is 5.02 Å². The molecule has 3 rings (SSSR count). The van der Waals surface area contributed by atoms with E-state index in [-0.39, 0.29) is 39.6 Å². The first-order chi connectivity index (χ1) is 12.6. The zero-order valence-electron chi connectivity index (χ0n) is 14.7. The lowest BCUT2D eigenvalue weighted by Crippen LogP contribution is -2.41. The predicted molar refractivity (Wildman–Crippen MR) is 95.7 cm³/mol. The monoisotopic (exact) mass is 401 g/mol. The van der Waals surface area contributed by atoms with Crippen LogP contribution in [-0.4, -0.2) is 47.7 Å². The second-order valence-electron chi connectivity index (χ2n) is 6.54. The molecule has 0 spiro atoms. The van der Waals surface area contributed by atoms with E-state index in [4.69, 9.17) is 16.3 Å². The average Bonchev–Trinajstić information content (AvgIpc) is 2.85. The highest BCUT2D eigenvalue weighted by Gasteiger charge is 2.61. The molecule has 0 amide bonds. The van der Waals surface area contributed by atoms with E-state index in [1.54, 1.807) is 24.9 Å². The number of rotatable bonds is 5. The lowest BCUT2D eigenvalue weighted by atomic mass is 9.90. The SMILES string of the molecule is CC(O)N(C)CCOc1cc(Cl)c2c(c1)C(O)(C(F)(F)F)c1ccccc1-2. The topological polar surface area (TPSA) is 52.9 Å². The molecule has 146 valence electrons. The summed E-state index contributed by atoms with van der Waals surface area (Å²) in [6, 6.07) is 8.40. The Morgan fingerprint density at radius 1 is 1.22 bits per heavy atom. The second-order valence-corrected chi connectivity index (χ2v) is 6.95. The molecular weight excluding hydrogens is 383 g/mol. The van der Waals surface area contributed by atoms with E-state index >= 15 is 0 Å². The van der Waals surface area contributed by atoms with Crippen LogP contribution in [0.25, 0.3) is 11.1 Å². The van der Waals surface area contributed by atoms with Crippen LogP contribution in [0.2, 0.25) is 5.02 Å². The Hall–Kier alpha value is -1.80. The number of likely N-dealkylation sites (N-methyl/N-ethyl adjacent to an activating group) is 1. The molecule has 2 atom stereocenters. The van der Waals surface area contributed by atoms with Gasteiger partial charge in [0.15, 0.2) is 0 Å². The molecule has 0 bridgehead atoms. The van der Waals surface area contributed by atoms with Crippen molar-refractivity contribution in [3.8, 4) is 16.9 Å². The first-order valence-electron chi connectivity index (χ1n) is 8.31. The van der Waals surface area contributed by atoms with Crippen LogP contribution in [0.15, 0.2) is 36.4 Å². The number of benzene rings is 2. The van der Waals surface area contributed by atoms with Crippen molar-refractivity contribution in [1.82, 2.24) is 4.90 Å². The molecular formula is C19H19ClF3NO3. The standard InChI is InChI=1S/C19H19ClF3NO3/c1-11(25)24(2)7-8-27-12-9-15-17(16(20)10-12)13-5-3-4-6-14(13)18(15,26)19(21,22)23/h3-6,9-11,25-26H,7-8H2,1-2H3. The van der Waals surface area contributed by atoms with Gasteiger partial charge >= 0.3 is 6.18 Å². The molecule has 0 aliphatic heterocycles. The number of ether oxygens (including phenoxy) is 1. The zero-order valence-corrected chi connectivity index (χ0v) is 15.5. The summed E-state index contributed by atoms with van der Waals surface area (Å²) in [6.45, 7) is 2.08. The van der Waals surface area contributed by atoms with Crippen LogP contribution in [0.1, 0.15) is 18.1 Å². The third-order valence-corrected chi connectivity index (χ3v) is 5.10. The highest BCUT2D eigenvalue weighted by atomic mass is 35.5. The fourth-order valence-electron chi connectivity index (χ4n) is 3.19. The van der Waals surface area contributed by atoms with Crippen LogP contribution in [0.5, 0.6) is 5.75 Å². The Kier molecular flexibility index (Phi) is 5.16. The minimum absolute atomic E-state index is 0.0685. The van der Waals surface area contributed by atoms with Crippen LogP contribution in [0, 0.1) is 0 Å². The Balaban J connectivity index is 2.01. The molecule has 0 aromatic heterocycles. The molecule has 8 heteroatoms. The van der Waals surface area contributed by atoms with E-state index in [1.807, 2.05) is 0 Å². The fourth-order valence-corrected chi connectivity index (χ4v) is 3.50. The van der Waals surface area contributed by atoms with Crippen molar-refractivity contribution in [3.05, 3.63) is 52.5 Å². The number of nitrogens with zero attached hydrogens (tertiary/aromatic N) is 1. The quantitative estimate of drug-likeness (QED) is 0.749. The Morgan fingerprint density at radius 3 is 2.52 bits per heavy atom. The number of alkyl halides is 3. The maximum Gasteiger partial charge on any atom is 0.425 e. The average molecular weight is 402 g/mol. The molecule has 4 nitrogen and oxygen atoms in total. The van der Waals surface area contributed by atoms with Gasteiger partial charge in [-0.1, -0.05) is 35.9 Å². The van der Waals surface area contributed by atoms with E-state index in [0.29, 0.717) is 6.54 Å². The van der Waals surface area contributed by atoms with Gasteiger partial charge in [-0.05, 0) is 31.7 Å². The Labute approximate surface area is 159 Å². The molecule has 1 aliphatic carbocycles. The number of hydrogen-bond acceptors (Lipinski definition) is 4. The minimum atomic E-state index is -4.93. The summed E-state index contributed by atoms with van der Waals surface area (Å²) in [6.07, 6.45) is -5.61. The summed E-state index contributed by atoms with van der Waals surface area (Å²) in [5.74, 6) is 0.119. The smallest absolute Gasteiger partial charge is 0.425 e. The molecule has 0 fully saturated rings. The molecule has 2 unspecified atom stereocenters. The highest BCUT2D eigenvalue weighted by Crippen LogP contribution is 2.57. The van der Waals surface area contributed by atoms with Gasteiger partial charge < -0.3 is 14.9 Å². The Bertz CT molecular complexity index is 857. The second kappa shape index (κ2) is 6.98. The van der Waals surface area contributed by atoms with E-state index in [2.05, 4.69) is 0 Å². The van der Waals surface area contributed by atoms with E-state index in [9.17, 15) is 23.4 Å². The van der Waals surface area contributed by atoms with E-state index in [1.165, 1.54) is 30.3 Å². The third-order valence-electron chi connectivity index (χ3n) is 4.80.